The molecule has 0 aliphatic heterocycles. The lowest BCUT2D eigenvalue weighted by Crippen LogP contribution is -2.29. The van der Waals surface area contributed by atoms with Gasteiger partial charge < -0.3 is 10.4 Å². The van der Waals surface area contributed by atoms with Gasteiger partial charge in [0.05, 0.1) is 0 Å². The summed E-state index contributed by atoms with van der Waals surface area (Å²) >= 11 is 0. The number of hydrogen-bond donors (Lipinski definition) is 2. The van der Waals surface area contributed by atoms with Gasteiger partial charge in [0.2, 0.25) is 0 Å². The molecule has 1 aromatic rings. The molecule has 0 aromatic heterocycles. The fourth-order valence-electron chi connectivity index (χ4n) is 1.89. The van der Waals surface area contributed by atoms with Gasteiger partial charge in [-0.1, -0.05) is 29.8 Å². The summed E-state index contributed by atoms with van der Waals surface area (Å²) in [7, 11) is 0. The van der Waals surface area contributed by atoms with Gasteiger partial charge in [0, 0.05) is 18.5 Å². The van der Waals surface area contributed by atoms with Crippen LogP contribution in [0, 0.1) is 6.92 Å². The quantitative estimate of drug-likeness (QED) is 0.797. The predicted molar refractivity (Wildman–Crippen MR) is 69.1 cm³/mol. The summed E-state index contributed by atoms with van der Waals surface area (Å²) < 4.78 is 0. The van der Waals surface area contributed by atoms with Gasteiger partial charge in [-0.3, -0.25) is 4.79 Å². The molecule has 0 fully saturated rings. The Bertz CT molecular complexity index is 376. The number of carboxylic acid groups (broad SMARTS) is 1. The topological polar surface area (TPSA) is 49.3 Å². The zero-order valence-corrected chi connectivity index (χ0v) is 10.7. The second kappa shape index (κ2) is 6.40. The van der Waals surface area contributed by atoms with Gasteiger partial charge in [-0.05, 0) is 32.8 Å². The van der Waals surface area contributed by atoms with E-state index in [0.717, 1.165) is 0 Å². The minimum absolute atomic E-state index is 0.210. The molecule has 0 radical (unpaired) electrons. The van der Waals surface area contributed by atoms with E-state index >= 15 is 0 Å². The fourth-order valence-corrected chi connectivity index (χ4v) is 1.89. The molecule has 3 nitrogen and oxygen atoms in total. The fraction of sp³-hybridized carbons (Fsp3) is 0.500. The van der Waals surface area contributed by atoms with Crippen molar-refractivity contribution in [2.75, 3.05) is 0 Å². The van der Waals surface area contributed by atoms with Crippen molar-refractivity contribution < 1.29 is 9.90 Å². The van der Waals surface area contributed by atoms with Gasteiger partial charge in [-0.2, -0.15) is 0 Å². The molecule has 0 saturated carbocycles. The second-order valence-electron chi connectivity index (χ2n) is 4.64. The number of hydrogen-bond acceptors (Lipinski definition) is 2. The first-order chi connectivity index (χ1) is 7.99. The van der Waals surface area contributed by atoms with Crippen LogP contribution in [0.5, 0.6) is 0 Å². The lowest BCUT2D eigenvalue weighted by atomic mass is 10.0. The van der Waals surface area contributed by atoms with E-state index < -0.39 is 5.97 Å². The first-order valence-corrected chi connectivity index (χ1v) is 6.03. The van der Waals surface area contributed by atoms with E-state index in [1.54, 1.807) is 0 Å². The number of nitrogens with one attached hydrogen (secondary N) is 1. The highest BCUT2D eigenvalue weighted by molar-refractivity contribution is 5.66. The third kappa shape index (κ3) is 5.00. The number of aryl methyl sites for hydroxylation is 1. The van der Waals surface area contributed by atoms with E-state index in [2.05, 4.69) is 37.4 Å². The minimum atomic E-state index is -0.734. The molecule has 1 aromatic carbocycles. The van der Waals surface area contributed by atoms with Crippen LogP contribution in [0.4, 0.5) is 0 Å². The summed E-state index contributed by atoms with van der Waals surface area (Å²) in [4.78, 5) is 10.5. The maximum Gasteiger partial charge on any atom is 0.303 e. The molecule has 0 bridgehead atoms. The zero-order valence-electron chi connectivity index (χ0n) is 10.7. The van der Waals surface area contributed by atoms with Gasteiger partial charge in [0.25, 0.3) is 0 Å². The number of aliphatic carboxylic acids is 1. The molecular weight excluding hydrogens is 214 g/mol. The van der Waals surface area contributed by atoms with Crippen LogP contribution in [-0.2, 0) is 4.79 Å². The first-order valence-electron chi connectivity index (χ1n) is 6.03. The van der Waals surface area contributed by atoms with Crippen molar-refractivity contribution in [1.29, 1.82) is 0 Å². The van der Waals surface area contributed by atoms with Crippen molar-refractivity contribution in [1.82, 2.24) is 5.32 Å². The van der Waals surface area contributed by atoms with Gasteiger partial charge in [-0.15, -0.1) is 0 Å². The highest BCUT2D eigenvalue weighted by atomic mass is 16.4. The molecule has 17 heavy (non-hydrogen) atoms. The minimum Gasteiger partial charge on any atom is -0.481 e. The van der Waals surface area contributed by atoms with Crippen molar-refractivity contribution in [2.24, 2.45) is 0 Å². The van der Waals surface area contributed by atoms with E-state index in [1.165, 1.54) is 11.1 Å². The molecule has 2 atom stereocenters. The van der Waals surface area contributed by atoms with E-state index in [4.69, 9.17) is 5.11 Å². The monoisotopic (exact) mass is 235 g/mol. The first kappa shape index (κ1) is 13.7. The molecule has 0 amide bonds. The molecule has 0 aliphatic carbocycles. The predicted octanol–water partition coefficient (Wildman–Crippen LogP) is 2.90. The summed E-state index contributed by atoms with van der Waals surface area (Å²) in [5, 5.41) is 12.0. The van der Waals surface area contributed by atoms with Gasteiger partial charge in [0.15, 0.2) is 0 Å². The normalized spacial score (nSPS) is 14.3. The Hall–Kier alpha value is -1.35. The average molecular weight is 235 g/mol. The van der Waals surface area contributed by atoms with Crippen molar-refractivity contribution in [3.63, 3.8) is 0 Å². The van der Waals surface area contributed by atoms with Crippen molar-refractivity contribution in [2.45, 2.75) is 45.7 Å². The molecule has 94 valence electrons. The summed E-state index contributed by atoms with van der Waals surface area (Å²) in [6.45, 7) is 6.20. The SMILES string of the molecule is Cc1cccc([C@@H](C)NC(C)CCC(=O)O)c1. The van der Waals surface area contributed by atoms with Crippen LogP contribution in [0.15, 0.2) is 24.3 Å². The van der Waals surface area contributed by atoms with Crippen LogP contribution in [0.25, 0.3) is 0 Å². The Morgan fingerprint density at radius 1 is 1.41 bits per heavy atom. The Morgan fingerprint density at radius 2 is 2.12 bits per heavy atom. The van der Waals surface area contributed by atoms with E-state index in [0.29, 0.717) is 6.42 Å². The van der Waals surface area contributed by atoms with E-state index in [1.807, 2.05) is 13.0 Å². The summed E-state index contributed by atoms with van der Waals surface area (Å²) in [6, 6.07) is 8.82. The summed E-state index contributed by atoms with van der Waals surface area (Å²) in [5.74, 6) is -0.734. The van der Waals surface area contributed by atoms with Crippen LogP contribution >= 0.6 is 0 Å². The third-order valence-electron chi connectivity index (χ3n) is 2.87. The molecule has 0 aliphatic rings. The lowest BCUT2D eigenvalue weighted by Gasteiger charge is -2.20. The maximum atomic E-state index is 10.5. The summed E-state index contributed by atoms with van der Waals surface area (Å²) in [6.07, 6.45) is 0.875. The van der Waals surface area contributed by atoms with Crippen LogP contribution in [0.1, 0.15) is 43.9 Å². The smallest absolute Gasteiger partial charge is 0.303 e. The van der Waals surface area contributed by atoms with Crippen molar-refractivity contribution >= 4 is 5.97 Å². The van der Waals surface area contributed by atoms with Gasteiger partial charge in [-0.25, -0.2) is 0 Å². The van der Waals surface area contributed by atoms with Gasteiger partial charge in [0.1, 0.15) is 0 Å². The Morgan fingerprint density at radius 3 is 2.71 bits per heavy atom. The Balaban J connectivity index is 2.48. The number of benzene rings is 1. The van der Waals surface area contributed by atoms with Gasteiger partial charge >= 0.3 is 5.97 Å². The zero-order chi connectivity index (χ0) is 12.8. The maximum absolute atomic E-state index is 10.5. The molecule has 1 unspecified atom stereocenters. The largest absolute Gasteiger partial charge is 0.481 e. The Kier molecular flexibility index (Phi) is 5.16. The van der Waals surface area contributed by atoms with Crippen LogP contribution in [0.2, 0.25) is 0 Å². The molecule has 0 saturated heterocycles. The highest BCUT2D eigenvalue weighted by Gasteiger charge is 2.10. The van der Waals surface area contributed by atoms with E-state index in [9.17, 15) is 4.79 Å². The molecule has 0 heterocycles. The number of carbonyl (C=O) groups is 1. The molecular formula is C14H21NO2. The van der Waals surface area contributed by atoms with Crippen molar-refractivity contribution in [3.05, 3.63) is 35.4 Å². The standard InChI is InChI=1S/C14H21NO2/c1-10-5-4-6-13(9-10)12(3)15-11(2)7-8-14(16)17/h4-6,9,11-12,15H,7-8H2,1-3H3,(H,16,17)/t11?,12-/m1/s1. The highest BCUT2D eigenvalue weighted by Crippen LogP contribution is 2.15. The van der Waals surface area contributed by atoms with Crippen molar-refractivity contribution in [3.8, 4) is 0 Å². The van der Waals surface area contributed by atoms with Crippen LogP contribution in [-0.4, -0.2) is 17.1 Å². The second-order valence-corrected chi connectivity index (χ2v) is 4.64. The third-order valence-corrected chi connectivity index (χ3v) is 2.87. The van der Waals surface area contributed by atoms with Crippen LogP contribution < -0.4 is 5.32 Å². The Labute approximate surface area is 103 Å². The molecule has 1 rings (SSSR count). The molecule has 3 heteroatoms. The van der Waals surface area contributed by atoms with Crippen LogP contribution in [0.3, 0.4) is 0 Å². The molecule has 0 spiro atoms. The lowest BCUT2D eigenvalue weighted by molar-refractivity contribution is -0.137. The number of carboxylic acids is 1. The average Bonchev–Trinajstić information content (AvgIpc) is 2.26. The number of rotatable bonds is 6. The molecule has 2 N–H and O–H groups in total. The summed E-state index contributed by atoms with van der Waals surface area (Å²) in [5.41, 5.74) is 2.49. The van der Waals surface area contributed by atoms with E-state index in [-0.39, 0.29) is 18.5 Å².